The molecule has 0 aliphatic rings. The molecule has 1 atom stereocenters. The van der Waals surface area contributed by atoms with Gasteiger partial charge in [-0.2, -0.15) is 0 Å². The van der Waals surface area contributed by atoms with Crippen LogP contribution < -0.4 is 10.6 Å². The Balaban J connectivity index is 2.10. The molecule has 1 rings (SSSR count). The van der Waals surface area contributed by atoms with E-state index in [1.54, 1.807) is 12.4 Å². The van der Waals surface area contributed by atoms with Gasteiger partial charge < -0.3 is 10.6 Å². The first-order valence-electron chi connectivity index (χ1n) is 5.96. The Labute approximate surface area is 102 Å². The molecule has 0 aliphatic heterocycles. The molecular weight excluding hydrogens is 216 g/mol. The Morgan fingerprint density at radius 1 is 1.41 bits per heavy atom. The molecule has 0 radical (unpaired) electrons. The standard InChI is InChI=1S/C12H20N4O/c1-3-10(2)16-12(17)4-5-13-6-11-7-14-9-15-8-11/h7-10,13H,3-6H2,1-2H3,(H,16,17). The first kappa shape index (κ1) is 13.6. The molecule has 1 heterocycles. The molecule has 5 heteroatoms. The SMILES string of the molecule is CCC(C)NC(=O)CCNCc1cncnc1. The van der Waals surface area contributed by atoms with Gasteiger partial charge in [0.05, 0.1) is 0 Å². The summed E-state index contributed by atoms with van der Waals surface area (Å²) < 4.78 is 0. The van der Waals surface area contributed by atoms with Gasteiger partial charge in [-0.15, -0.1) is 0 Å². The summed E-state index contributed by atoms with van der Waals surface area (Å²) in [6, 6.07) is 0.255. The summed E-state index contributed by atoms with van der Waals surface area (Å²) in [5.41, 5.74) is 1.02. The zero-order valence-corrected chi connectivity index (χ0v) is 10.4. The molecule has 1 unspecified atom stereocenters. The van der Waals surface area contributed by atoms with E-state index in [1.165, 1.54) is 6.33 Å². The van der Waals surface area contributed by atoms with Gasteiger partial charge in [0.1, 0.15) is 6.33 Å². The second-order valence-electron chi connectivity index (χ2n) is 4.05. The molecule has 0 bridgehead atoms. The largest absolute Gasteiger partial charge is 0.354 e. The maximum Gasteiger partial charge on any atom is 0.221 e. The number of carbonyl (C=O) groups is 1. The highest BCUT2D eigenvalue weighted by atomic mass is 16.1. The van der Waals surface area contributed by atoms with E-state index >= 15 is 0 Å². The summed E-state index contributed by atoms with van der Waals surface area (Å²) in [7, 11) is 0. The number of rotatable bonds is 7. The second kappa shape index (κ2) is 7.73. The average molecular weight is 236 g/mol. The van der Waals surface area contributed by atoms with Crippen LogP contribution in [0.5, 0.6) is 0 Å². The molecule has 0 aliphatic carbocycles. The van der Waals surface area contributed by atoms with Gasteiger partial charge in [0.2, 0.25) is 5.91 Å². The topological polar surface area (TPSA) is 66.9 Å². The lowest BCUT2D eigenvalue weighted by Crippen LogP contribution is -2.33. The van der Waals surface area contributed by atoms with Crippen molar-refractivity contribution in [3.05, 3.63) is 24.3 Å². The number of carbonyl (C=O) groups excluding carboxylic acids is 1. The molecule has 0 spiro atoms. The van der Waals surface area contributed by atoms with Crippen molar-refractivity contribution < 1.29 is 4.79 Å². The Bertz CT molecular complexity index is 329. The van der Waals surface area contributed by atoms with E-state index in [0.29, 0.717) is 19.5 Å². The lowest BCUT2D eigenvalue weighted by Gasteiger charge is -2.11. The third kappa shape index (κ3) is 5.97. The zero-order chi connectivity index (χ0) is 12.5. The normalized spacial score (nSPS) is 12.1. The number of hydrogen-bond donors (Lipinski definition) is 2. The molecule has 0 aromatic carbocycles. The number of nitrogens with zero attached hydrogens (tertiary/aromatic N) is 2. The van der Waals surface area contributed by atoms with Crippen molar-refractivity contribution in [2.24, 2.45) is 0 Å². The second-order valence-corrected chi connectivity index (χ2v) is 4.05. The number of nitrogens with one attached hydrogen (secondary N) is 2. The average Bonchev–Trinajstić information content (AvgIpc) is 2.36. The summed E-state index contributed by atoms with van der Waals surface area (Å²) in [6.07, 6.45) is 6.49. The highest BCUT2D eigenvalue weighted by molar-refractivity contribution is 5.76. The van der Waals surface area contributed by atoms with Crippen LogP contribution in [0, 0.1) is 0 Å². The van der Waals surface area contributed by atoms with Gasteiger partial charge in [-0.25, -0.2) is 9.97 Å². The van der Waals surface area contributed by atoms with Crippen LogP contribution >= 0.6 is 0 Å². The highest BCUT2D eigenvalue weighted by Crippen LogP contribution is 1.92. The Morgan fingerprint density at radius 2 is 2.12 bits per heavy atom. The molecule has 1 aromatic rings. The van der Waals surface area contributed by atoms with E-state index in [2.05, 4.69) is 27.5 Å². The third-order valence-corrected chi connectivity index (χ3v) is 2.49. The fourth-order valence-electron chi connectivity index (χ4n) is 1.30. The van der Waals surface area contributed by atoms with Crippen LogP contribution in [-0.4, -0.2) is 28.5 Å². The lowest BCUT2D eigenvalue weighted by molar-refractivity contribution is -0.121. The van der Waals surface area contributed by atoms with Crippen LogP contribution in [0.1, 0.15) is 32.3 Å². The van der Waals surface area contributed by atoms with Gasteiger partial charge >= 0.3 is 0 Å². The van der Waals surface area contributed by atoms with Crippen LogP contribution in [-0.2, 0) is 11.3 Å². The van der Waals surface area contributed by atoms with Crippen molar-refractivity contribution >= 4 is 5.91 Å². The van der Waals surface area contributed by atoms with Crippen molar-refractivity contribution in [1.29, 1.82) is 0 Å². The van der Waals surface area contributed by atoms with Crippen LogP contribution in [0.25, 0.3) is 0 Å². The first-order chi connectivity index (χ1) is 8.22. The van der Waals surface area contributed by atoms with Crippen molar-refractivity contribution in [2.75, 3.05) is 6.54 Å². The zero-order valence-electron chi connectivity index (χ0n) is 10.4. The van der Waals surface area contributed by atoms with Crippen LogP contribution in [0.2, 0.25) is 0 Å². The smallest absolute Gasteiger partial charge is 0.221 e. The fraction of sp³-hybridized carbons (Fsp3) is 0.583. The van der Waals surface area contributed by atoms with Crippen molar-refractivity contribution in [3.8, 4) is 0 Å². The van der Waals surface area contributed by atoms with Crippen molar-refractivity contribution in [3.63, 3.8) is 0 Å². The molecule has 2 N–H and O–H groups in total. The molecule has 0 fully saturated rings. The monoisotopic (exact) mass is 236 g/mol. The Morgan fingerprint density at radius 3 is 2.76 bits per heavy atom. The van der Waals surface area contributed by atoms with E-state index in [9.17, 15) is 4.79 Å². The predicted molar refractivity (Wildman–Crippen MR) is 66.3 cm³/mol. The molecule has 1 aromatic heterocycles. The number of aromatic nitrogens is 2. The third-order valence-electron chi connectivity index (χ3n) is 2.49. The minimum Gasteiger partial charge on any atom is -0.354 e. The van der Waals surface area contributed by atoms with Crippen molar-refractivity contribution in [2.45, 2.75) is 39.3 Å². The minimum absolute atomic E-state index is 0.0937. The predicted octanol–water partition coefficient (Wildman–Crippen LogP) is 0.871. The number of hydrogen-bond acceptors (Lipinski definition) is 4. The van der Waals surface area contributed by atoms with E-state index < -0.39 is 0 Å². The Hall–Kier alpha value is -1.49. The number of amides is 1. The highest BCUT2D eigenvalue weighted by Gasteiger charge is 2.04. The summed E-state index contributed by atoms with van der Waals surface area (Å²) in [4.78, 5) is 19.3. The van der Waals surface area contributed by atoms with E-state index in [-0.39, 0.29) is 11.9 Å². The fourth-order valence-corrected chi connectivity index (χ4v) is 1.30. The van der Waals surface area contributed by atoms with Crippen LogP contribution in [0.3, 0.4) is 0 Å². The molecule has 0 saturated heterocycles. The summed E-state index contributed by atoms with van der Waals surface area (Å²) in [5.74, 6) is 0.0937. The van der Waals surface area contributed by atoms with Gasteiger partial charge in [-0.05, 0) is 13.3 Å². The van der Waals surface area contributed by atoms with Gasteiger partial charge in [0, 0.05) is 43.5 Å². The summed E-state index contributed by atoms with van der Waals surface area (Å²) in [6.45, 7) is 5.42. The maximum atomic E-state index is 11.4. The van der Waals surface area contributed by atoms with E-state index in [0.717, 1.165) is 12.0 Å². The van der Waals surface area contributed by atoms with Gasteiger partial charge in [0.25, 0.3) is 0 Å². The summed E-state index contributed by atoms with van der Waals surface area (Å²) in [5, 5.41) is 6.11. The van der Waals surface area contributed by atoms with Gasteiger partial charge in [0.15, 0.2) is 0 Å². The molecule has 1 amide bonds. The molecule has 5 nitrogen and oxygen atoms in total. The molecule has 17 heavy (non-hydrogen) atoms. The Kier molecular flexibility index (Phi) is 6.17. The lowest BCUT2D eigenvalue weighted by atomic mass is 10.2. The minimum atomic E-state index is 0.0937. The molecule has 94 valence electrons. The van der Waals surface area contributed by atoms with Crippen LogP contribution in [0.4, 0.5) is 0 Å². The molecular formula is C12H20N4O. The summed E-state index contributed by atoms with van der Waals surface area (Å²) >= 11 is 0. The van der Waals surface area contributed by atoms with E-state index in [1.807, 2.05) is 6.92 Å². The first-order valence-corrected chi connectivity index (χ1v) is 5.96. The molecule has 0 saturated carbocycles. The van der Waals surface area contributed by atoms with Gasteiger partial charge in [-0.1, -0.05) is 6.92 Å². The quantitative estimate of drug-likeness (QED) is 0.689. The van der Waals surface area contributed by atoms with Crippen LogP contribution in [0.15, 0.2) is 18.7 Å². The van der Waals surface area contributed by atoms with E-state index in [4.69, 9.17) is 0 Å². The maximum absolute atomic E-state index is 11.4. The van der Waals surface area contributed by atoms with Crippen molar-refractivity contribution in [1.82, 2.24) is 20.6 Å². The van der Waals surface area contributed by atoms with Gasteiger partial charge in [-0.3, -0.25) is 4.79 Å².